The van der Waals surface area contributed by atoms with Crippen LogP contribution in [0.25, 0.3) is 0 Å². The lowest BCUT2D eigenvalue weighted by Gasteiger charge is -2.24. The third-order valence-electron chi connectivity index (χ3n) is 2.21. The smallest absolute Gasteiger partial charge is 0.261 e. The lowest BCUT2D eigenvalue weighted by Crippen LogP contribution is -2.37. The van der Waals surface area contributed by atoms with Crippen LogP contribution in [0.15, 0.2) is 0 Å². The first-order chi connectivity index (χ1) is 6.54. The molecule has 0 radical (unpaired) electrons. The number of halogens is 2. The summed E-state index contributed by atoms with van der Waals surface area (Å²) in [5.74, 6) is 0. The van der Waals surface area contributed by atoms with Crippen molar-refractivity contribution in [3.63, 3.8) is 0 Å². The average Bonchev–Trinajstić information content (AvgIpc) is 2.16. The maximum atomic E-state index is 11.6. The molecule has 14 heavy (non-hydrogen) atoms. The molecule has 3 nitrogen and oxygen atoms in total. The van der Waals surface area contributed by atoms with E-state index in [0.29, 0.717) is 19.3 Å². The van der Waals surface area contributed by atoms with Gasteiger partial charge in [0.2, 0.25) is 0 Å². The van der Waals surface area contributed by atoms with Gasteiger partial charge in [-0.1, -0.05) is 6.92 Å². The van der Waals surface area contributed by atoms with Crippen molar-refractivity contribution in [2.75, 3.05) is 19.8 Å². The molecule has 0 spiro atoms. The molecular formula is C9H19F2NO2. The fourth-order valence-electron chi connectivity index (χ4n) is 1.10. The molecule has 3 N–H and O–H groups in total. The van der Waals surface area contributed by atoms with E-state index in [0.717, 1.165) is 0 Å². The summed E-state index contributed by atoms with van der Waals surface area (Å²) in [6.45, 7) is 1.74. The Bertz CT molecular complexity index is 141. The van der Waals surface area contributed by atoms with Crippen LogP contribution in [0.4, 0.5) is 8.78 Å². The van der Waals surface area contributed by atoms with E-state index in [-0.39, 0.29) is 13.2 Å². The molecule has 0 aromatic heterocycles. The third kappa shape index (κ3) is 6.23. The highest BCUT2D eigenvalue weighted by Gasteiger charge is 2.21. The van der Waals surface area contributed by atoms with Gasteiger partial charge in [0.25, 0.3) is 6.43 Å². The molecule has 0 aromatic rings. The Morgan fingerprint density at radius 3 is 2.57 bits per heavy atom. The van der Waals surface area contributed by atoms with Crippen molar-refractivity contribution in [2.24, 2.45) is 5.73 Å². The second-order valence-corrected chi connectivity index (χ2v) is 3.35. The summed E-state index contributed by atoms with van der Waals surface area (Å²) >= 11 is 0. The minimum Gasteiger partial charge on any atom is -0.389 e. The first kappa shape index (κ1) is 13.7. The molecular weight excluding hydrogens is 192 g/mol. The van der Waals surface area contributed by atoms with E-state index in [2.05, 4.69) is 4.74 Å². The zero-order valence-corrected chi connectivity index (χ0v) is 8.51. The van der Waals surface area contributed by atoms with Crippen molar-refractivity contribution in [1.29, 1.82) is 0 Å². The van der Waals surface area contributed by atoms with E-state index in [9.17, 15) is 13.9 Å². The quantitative estimate of drug-likeness (QED) is 0.592. The summed E-state index contributed by atoms with van der Waals surface area (Å²) in [4.78, 5) is 0. The molecule has 86 valence electrons. The molecule has 0 saturated carbocycles. The van der Waals surface area contributed by atoms with Crippen molar-refractivity contribution in [3.05, 3.63) is 0 Å². The highest BCUT2D eigenvalue weighted by molar-refractivity contribution is 4.77. The Hall–Kier alpha value is -0.260. The van der Waals surface area contributed by atoms with Gasteiger partial charge in [0.05, 0.1) is 5.60 Å². The normalized spacial score (nSPS) is 15.9. The molecule has 1 atom stereocenters. The molecule has 1 unspecified atom stereocenters. The van der Waals surface area contributed by atoms with E-state index in [1.807, 2.05) is 6.92 Å². The lowest BCUT2D eigenvalue weighted by molar-refractivity contribution is -0.00139. The van der Waals surface area contributed by atoms with Crippen LogP contribution in [-0.2, 0) is 4.74 Å². The fraction of sp³-hybridized carbons (Fsp3) is 1.00. The van der Waals surface area contributed by atoms with Crippen LogP contribution in [0.3, 0.4) is 0 Å². The summed E-state index contributed by atoms with van der Waals surface area (Å²) in [6, 6.07) is 0. The topological polar surface area (TPSA) is 55.5 Å². The van der Waals surface area contributed by atoms with Crippen LogP contribution in [0.5, 0.6) is 0 Å². The van der Waals surface area contributed by atoms with Gasteiger partial charge in [-0.25, -0.2) is 8.78 Å². The number of aliphatic hydroxyl groups is 1. The molecule has 0 heterocycles. The van der Waals surface area contributed by atoms with Gasteiger partial charge in [-0.3, -0.25) is 0 Å². The molecule has 0 bridgehead atoms. The van der Waals surface area contributed by atoms with Crippen molar-refractivity contribution in [3.8, 4) is 0 Å². The van der Waals surface area contributed by atoms with Gasteiger partial charge in [-0.05, 0) is 19.3 Å². The minimum absolute atomic E-state index is 0.193. The molecule has 0 aliphatic heterocycles. The number of nitrogens with two attached hydrogens (primary N) is 1. The van der Waals surface area contributed by atoms with Crippen LogP contribution in [0.2, 0.25) is 0 Å². The Labute approximate surface area is 83.2 Å². The van der Waals surface area contributed by atoms with Crippen LogP contribution < -0.4 is 5.73 Å². The average molecular weight is 211 g/mol. The van der Waals surface area contributed by atoms with Gasteiger partial charge in [-0.2, -0.15) is 0 Å². The molecule has 0 amide bonds. The van der Waals surface area contributed by atoms with Gasteiger partial charge in [0.1, 0.15) is 6.61 Å². The first-order valence-corrected chi connectivity index (χ1v) is 4.82. The summed E-state index contributed by atoms with van der Waals surface area (Å²) in [7, 11) is 0. The van der Waals surface area contributed by atoms with E-state index in [1.165, 1.54) is 0 Å². The van der Waals surface area contributed by atoms with Gasteiger partial charge in [-0.15, -0.1) is 0 Å². The zero-order chi connectivity index (χ0) is 11.0. The summed E-state index contributed by atoms with van der Waals surface area (Å²) < 4.78 is 27.9. The fourth-order valence-corrected chi connectivity index (χ4v) is 1.10. The number of alkyl halides is 2. The molecule has 0 fully saturated rings. The van der Waals surface area contributed by atoms with Crippen LogP contribution in [-0.4, -0.2) is 36.9 Å². The number of ether oxygens (including phenoxy) is 1. The number of rotatable bonds is 8. The second-order valence-electron chi connectivity index (χ2n) is 3.35. The van der Waals surface area contributed by atoms with Crippen LogP contribution in [0, 0.1) is 0 Å². The Morgan fingerprint density at radius 1 is 1.50 bits per heavy atom. The van der Waals surface area contributed by atoms with Crippen molar-refractivity contribution < 1.29 is 18.6 Å². The predicted molar refractivity (Wildman–Crippen MR) is 50.4 cm³/mol. The predicted octanol–water partition coefficient (Wildman–Crippen LogP) is 1.15. The standard InChI is InChI=1S/C9H19F2NO2/c1-2-9(13,7-12)4-3-5-14-6-8(10)11/h8,13H,2-7,12H2,1H3. The third-order valence-corrected chi connectivity index (χ3v) is 2.21. The minimum atomic E-state index is -2.42. The Morgan fingerprint density at radius 2 is 2.14 bits per heavy atom. The Kier molecular flexibility index (Phi) is 6.96. The Balaban J connectivity index is 3.43. The molecule has 0 aliphatic carbocycles. The summed E-state index contributed by atoms with van der Waals surface area (Å²) in [5.41, 5.74) is 4.50. The van der Waals surface area contributed by atoms with Gasteiger partial charge in [0, 0.05) is 13.2 Å². The van der Waals surface area contributed by atoms with E-state index in [1.54, 1.807) is 0 Å². The van der Waals surface area contributed by atoms with E-state index in [4.69, 9.17) is 5.73 Å². The molecule has 0 aliphatic rings. The van der Waals surface area contributed by atoms with Crippen molar-refractivity contribution >= 4 is 0 Å². The largest absolute Gasteiger partial charge is 0.389 e. The second kappa shape index (κ2) is 7.09. The number of hydrogen-bond donors (Lipinski definition) is 2. The lowest BCUT2D eigenvalue weighted by atomic mass is 9.95. The SMILES string of the molecule is CCC(O)(CN)CCCOCC(F)F. The maximum absolute atomic E-state index is 11.6. The zero-order valence-electron chi connectivity index (χ0n) is 8.51. The maximum Gasteiger partial charge on any atom is 0.261 e. The first-order valence-electron chi connectivity index (χ1n) is 4.82. The van der Waals surface area contributed by atoms with Gasteiger partial charge in [0.15, 0.2) is 0 Å². The highest BCUT2D eigenvalue weighted by atomic mass is 19.3. The van der Waals surface area contributed by atoms with Crippen molar-refractivity contribution in [2.45, 2.75) is 38.2 Å². The highest BCUT2D eigenvalue weighted by Crippen LogP contribution is 2.15. The van der Waals surface area contributed by atoms with Gasteiger partial charge >= 0.3 is 0 Å². The molecule has 0 rings (SSSR count). The van der Waals surface area contributed by atoms with Crippen LogP contribution in [0.1, 0.15) is 26.2 Å². The molecule has 0 aromatic carbocycles. The van der Waals surface area contributed by atoms with E-state index < -0.39 is 18.6 Å². The molecule has 0 saturated heterocycles. The molecule has 5 heteroatoms. The van der Waals surface area contributed by atoms with Crippen molar-refractivity contribution in [1.82, 2.24) is 0 Å². The van der Waals surface area contributed by atoms with E-state index >= 15 is 0 Å². The summed E-state index contributed by atoms with van der Waals surface area (Å²) in [5, 5.41) is 9.71. The number of hydrogen-bond acceptors (Lipinski definition) is 3. The van der Waals surface area contributed by atoms with Crippen LogP contribution >= 0.6 is 0 Å². The van der Waals surface area contributed by atoms with Gasteiger partial charge < -0.3 is 15.6 Å². The summed E-state index contributed by atoms with van der Waals surface area (Å²) in [6.07, 6.45) is -0.815. The monoisotopic (exact) mass is 211 g/mol.